The Labute approximate surface area is 141 Å². The highest BCUT2D eigenvalue weighted by atomic mass is 20.0. The van der Waals surface area contributed by atoms with E-state index >= 15 is 0 Å². The molecule has 0 bridgehead atoms. The van der Waals surface area contributed by atoms with Crippen molar-refractivity contribution >= 4 is 5.69 Å². The maximum atomic E-state index is 8.00. The first-order chi connectivity index (χ1) is 11.8. The highest BCUT2D eigenvalue weighted by molar-refractivity contribution is 5.50. The number of nitrogens with one attached hydrogen (secondary N) is 1. The molecule has 0 aliphatic carbocycles. The SMILES string of the molecule is CCCCCOCCNc1ccccc1C.F.FF.FF.FF.FF. The smallest absolute Gasteiger partial charge is 0.0639 e. The van der Waals surface area contributed by atoms with Gasteiger partial charge in [0.25, 0.3) is 0 Å². The monoisotopic (exact) mass is 393 g/mol. The minimum Gasteiger partial charge on any atom is -0.383 e. The summed E-state index contributed by atoms with van der Waals surface area (Å²) >= 11 is 0. The van der Waals surface area contributed by atoms with Crippen molar-refractivity contribution in [3.63, 3.8) is 0 Å². The predicted molar refractivity (Wildman–Crippen MR) is 81.4 cm³/mol. The second kappa shape index (κ2) is 38.1. The molecule has 1 rings (SSSR count). The highest BCUT2D eigenvalue weighted by Crippen LogP contribution is 2.12. The maximum Gasteiger partial charge on any atom is 0.0639 e. The summed E-state index contributed by atoms with van der Waals surface area (Å²) in [5.74, 6) is 0. The van der Waals surface area contributed by atoms with E-state index < -0.39 is 0 Å². The fourth-order valence-corrected chi connectivity index (χ4v) is 1.59. The Kier molecular flexibility index (Phi) is 52.8. The van der Waals surface area contributed by atoms with Gasteiger partial charge in [-0.25, -0.2) is 0 Å². The molecule has 0 aliphatic rings. The molecule has 0 amide bonds. The molecule has 2 nitrogen and oxygen atoms in total. The van der Waals surface area contributed by atoms with Crippen LogP contribution in [0, 0.1) is 6.92 Å². The van der Waals surface area contributed by atoms with Crippen LogP contribution in [0.2, 0.25) is 0 Å². The van der Waals surface area contributed by atoms with Gasteiger partial charge in [-0.3, -0.25) is 4.70 Å². The van der Waals surface area contributed by atoms with Crippen molar-refractivity contribution in [1.29, 1.82) is 0 Å². The largest absolute Gasteiger partial charge is 0.383 e. The third kappa shape index (κ3) is 27.5. The van der Waals surface area contributed by atoms with Crippen LogP contribution in [0.4, 0.5) is 47.0 Å². The van der Waals surface area contributed by atoms with Gasteiger partial charge in [-0.2, -0.15) is 0 Å². The molecule has 0 aliphatic heterocycles. The van der Waals surface area contributed by atoms with Crippen molar-refractivity contribution < 1.29 is 46.0 Å². The van der Waals surface area contributed by atoms with Crippen LogP contribution in [0.5, 0.6) is 0 Å². The van der Waals surface area contributed by atoms with Gasteiger partial charge in [0, 0.05) is 55.4 Å². The fraction of sp³-hybridized carbons (Fsp3) is 0.571. The quantitative estimate of drug-likeness (QED) is 0.375. The third-order valence-electron chi connectivity index (χ3n) is 2.60. The number of hydrogen-bond acceptors (Lipinski definition) is 2. The summed E-state index contributed by atoms with van der Waals surface area (Å²) in [5, 5.41) is 3.38. The molecule has 154 valence electrons. The Hall–Kier alpha value is -1.65. The molecule has 0 aromatic heterocycles. The molecule has 1 aromatic rings. The first kappa shape index (κ1) is 34.6. The predicted octanol–water partition coefficient (Wildman–Crippen LogP) is 7.13. The van der Waals surface area contributed by atoms with Gasteiger partial charge in [0.2, 0.25) is 0 Å². The molecule has 11 heteroatoms. The number of unbranched alkanes of at least 4 members (excludes halogenated alkanes) is 2. The summed E-state index contributed by atoms with van der Waals surface area (Å²) in [6.07, 6.45) is 3.71. The summed E-state index contributed by atoms with van der Waals surface area (Å²) in [5.41, 5.74) is 2.49. The molecule has 1 N–H and O–H groups in total. The summed E-state index contributed by atoms with van der Waals surface area (Å²) in [6, 6.07) is 8.33. The lowest BCUT2D eigenvalue weighted by Gasteiger charge is -2.09. The fourth-order valence-electron chi connectivity index (χ4n) is 1.59. The van der Waals surface area contributed by atoms with Gasteiger partial charge in [0.15, 0.2) is 0 Å². The minimum absolute atomic E-state index is 0. The number of halogens is 9. The Bertz CT molecular complexity index is 309. The third-order valence-corrected chi connectivity index (χ3v) is 2.60. The van der Waals surface area contributed by atoms with Crippen LogP contribution in [-0.2, 0) is 4.74 Å². The van der Waals surface area contributed by atoms with E-state index in [9.17, 15) is 0 Å². The van der Waals surface area contributed by atoms with E-state index in [-0.39, 0.29) is 4.70 Å². The van der Waals surface area contributed by atoms with Crippen LogP contribution >= 0.6 is 0 Å². The van der Waals surface area contributed by atoms with E-state index in [1.165, 1.54) is 30.5 Å². The zero-order valence-corrected chi connectivity index (χ0v) is 13.9. The van der Waals surface area contributed by atoms with Crippen molar-refractivity contribution in [3.8, 4) is 0 Å². The standard InChI is InChI=1S/C14H23NO.4F2.FH/c1-3-4-7-11-16-12-10-15-14-9-6-5-8-13(14)2;4*1-2;/h5-6,8-9,15H,3-4,7,10-12H2,1-2H3;;;;;1H. The number of benzene rings is 1. The molecule has 0 unspecified atom stereocenters. The molecule has 0 atom stereocenters. The first-order valence-corrected chi connectivity index (χ1v) is 6.79. The number of ether oxygens (including phenoxy) is 1. The van der Waals surface area contributed by atoms with E-state index in [0.29, 0.717) is 0 Å². The highest BCUT2D eigenvalue weighted by Gasteiger charge is 1.94. The van der Waals surface area contributed by atoms with E-state index in [4.69, 9.17) is 41.3 Å². The maximum absolute atomic E-state index is 8.00. The lowest BCUT2D eigenvalue weighted by Crippen LogP contribution is -2.10. The lowest BCUT2D eigenvalue weighted by molar-refractivity contribution is 0.108. The topological polar surface area (TPSA) is 21.3 Å². The van der Waals surface area contributed by atoms with Crippen molar-refractivity contribution in [2.24, 2.45) is 0 Å². The van der Waals surface area contributed by atoms with Crippen LogP contribution in [0.1, 0.15) is 31.7 Å². The van der Waals surface area contributed by atoms with Gasteiger partial charge in [-0.15, -0.1) is 0 Å². The molecule has 1 aromatic carbocycles. The van der Waals surface area contributed by atoms with Crippen molar-refractivity contribution in [2.75, 3.05) is 25.1 Å². The Morgan fingerprint density at radius 3 is 1.84 bits per heavy atom. The second-order valence-electron chi connectivity index (χ2n) is 4.06. The molecule has 0 fully saturated rings. The first-order valence-electron chi connectivity index (χ1n) is 6.79. The summed E-state index contributed by atoms with van der Waals surface area (Å²) in [6.45, 7) is 6.89. The molecule has 0 saturated carbocycles. The van der Waals surface area contributed by atoms with Gasteiger partial charge in [-0.05, 0) is 25.0 Å². The molecule has 0 saturated heterocycles. The van der Waals surface area contributed by atoms with E-state index in [1.807, 2.05) is 0 Å². The molecular weight excluding hydrogens is 369 g/mol. The zero-order valence-electron chi connectivity index (χ0n) is 13.9. The molecule has 25 heavy (non-hydrogen) atoms. The van der Waals surface area contributed by atoms with Crippen LogP contribution < -0.4 is 5.32 Å². The van der Waals surface area contributed by atoms with Crippen LogP contribution in [-0.4, -0.2) is 19.8 Å². The van der Waals surface area contributed by atoms with Crippen molar-refractivity contribution in [3.05, 3.63) is 29.8 Å². The van der Waals surface area contributed by atoms with Gasteiger partial charge in [-0.1, -0.05) is 38.0 Å². The Morgan fingerprint density at radius 1 is 0.840 bits per heavy atom. The van der Waals surface area contributed by atoms with E-state index in [0.717, 1.165) is 19.8 Å². The summed E-state index contributed by atoms with van der Waals surface area (Å²) in [4.78, 5) is 0. The van der Waals surface area contributed by atoms with Crippen molar-refractivity contribution in [1.82, 2.24) is 0 Å². The van der Waals surface area contributed by atoms with Crippen LogP contribution in [0.3, 0.4) is 0 Å². The number of para-hydroxylation sites is 1. The lowest BCUT2D eigenvalue weighted by atomic mass is 10.2. The van der Waals surface area contributed by atoms with E-state index in [1.54, 1.807) is 0 Å². The minimum atomic E-state index is 0. The summed E-state index contributed by atoms with van der Waals surface area (Å²) in [7, 11) is 0. The number of rotatable bonds is 8. The van der Waals surface area contributed by atoms with Gasteiger partial charge >= 0.3 is 0 Å². The number of hydrogen-bond donors (Lipinski definition) is 1. The summed E-state index contributed by atoms with van der Waals surface area (Å²) < 4.78 is 69.5. The normalized spacial score (nSPS) is 7.60. The Balaban J connectivity index is -0.000000130. The molecular formula is C14H24F9NO. The average Bonchev–Trinajstić information content (AvgIpc) is 2.69. The van der Waals surface area contributed by atoms with Gasteiger partial charge < -0.3 is 10.1 Å². The van der Waals surface area contributed by atoms with Crippen LogP contribution in [0.15, 0.2) is 24.3 Å². The van der Waals surface area contributed by atoms with Crippen molar-refractivity contribution in [2.45, 2.75) is 33.1 Å². The molecule has 0 spiro atoms. The zero-order chi connectivity index (χ0) is 19.6. The molecule has 0 heterocycles. The molecule has 0 radical (unpaired) electrons. The Morgan fingerprint density at radius 2 is 1.36 bits per heavy atom. The van der Waals surface area contributed by atoms with Gasteiger partial charge in [0.05, 0.1) is 6.61 Å². The van der Waals surface area contributed by atoms with Gasteiger partial charge in [0.1, 0.15) is 0 Å². The average molecular weight is 393 g/mol. The second-order valence-corrected chi connectivity index (χ2v) is 4.06. The number of anilines is 1. The van der Waals surface area contributed by atoms with Crippen LogP contribution in [0.25, 0.3) is 0 Å². The number of aryl methyl sites for hydroxylation is 1. The van der Waals surface area contributed by atoms with E-state index in [2.05, 4.69) is 43.4 Å².